The number of rotatable bonds is 5. The van der Waals surface area contributed by atoms with Crippen LogP contribution in [0.4, 0.5) is 0 Å². The van der Waals surface area contributed by atoms with Crippen molar-refractivity contribution in [3.63, 3.8) is 0 Å². The van der Waals surface area contributed by atoms with Gasteiger partial charge >= 0.3 is 0 Å². The van der Waals surface area contributed by atoms with Crippen LogP contribution in [0.3, 0.4) is 0 Å². The first-order chi connectivity index (χ1) is 12.2. The van der Waals surface area contributed by atoms with Gasteiger partial charge < -0.3 is 19.4 Å². The Morgan fingerprint density at radius 2 is 2.08 bits per heavy atom. The summed E-state index contributed by atoms with van der Waals surface area (Å²) in [5.41, 5.74) is -0.323. The van der Waals surface area contributed by atoms with Gasteiger partial charge in [-0.05, 0) is 37.1 Å². The fourth-order valence-corrected chi connectivity index (χ4v) is 2.94. The molecule has 1 atom stereocenters. The van der Waals surface area contributed by atoms with Gasteiger partial charge in [-0.15, -0.1) is 0 Å². The van der Waals surface area contributed by atoms with E-state index in [2.05, 4.69) is 9.97 Å². The molecule has 0 saturated carbocycles. The number of aromatic nitrogens is 2. The molecule has 0 aliphatic carbocycles. The highest BCUT2D eigenvalue weighted by molar-refractivity contribution is 5.93. The summed E-state index contributed by atoms with van der Waals surface area (Å²) in [5.74, 6) is 1.51. The van der Waals surface area contributed by atoms with Gasteiger partial charge in [0.2, 0.25) is 0 Å². The van der Waals surface area contributed by atoms with E-state index < -0.39 is 5.56 Å². The fourth-order valence-electron chi connectivity index (χ4n) is 2.94. The van der Waals surface area contributed by atoms with E-state index in [-0.39, 0.29) is 17.4 Å². The Balaban J connectivity index is 1.58. The predicted octanol–water partition coefficient (Wildman–Crippen LogP) is 1.71. The van der Waals surface area contributed by atoms with Gasteiger partial charge in [-0.3, -0.25) is 9.59 Å². The van der Waals surface area contributed by atoms with E-state index in [9.17, 15) is 9.59 Å². The summed E-state index contributed by atoms with van der Waals surface area (Å²) in [6.45, 7) is 1.75. The molecular weight excluding hydrogens is 322 g/mol. The van der Waals surface area contributed by atoms with E-state index in [1.807, 2.05) is 24.3 Å². The quantitative estimate of drug-likeness (QED) is 0.893. The fraction of sp³-hybridized carbons (Fsp3) is 0.389. The summed E-state index contributed by atoms with van der Waals surface area (Å²) in [5, 5.41) is 0. The van der Waals surface area contributed by atoms with Crippen molar-refractivity contribution in [1.82, 2.24) is 14.9 Å². The molecule has 132 valence electrons. The molecule has 7 nitrogen and oxygen atoms in total. The second-order valence-corrected chi connectivity index (χ2v) is 6.04. The van der Waals surface area contributed by atoms with Crippen LogP contribution in [0.2, 0.25) is 0 Å². The van der Waals surface area contributed by atoms with Gasteiger partial charge in [-0.25, -0.2) is 4.98 Å². The smallest absolute Gasteiger partial charge is 0.263 e. The lowest BCUT2D eigenvalue weighted by Gasteiger charge is -2.32. The molecule has 1 aromatic carbocycles. The molecule has 1 amide bonds. The summed E-state index contributed by atoms with van der Waals surface area (Å²) >= 11 is 0. The maximum Gasteiger partial charge on any atom is 0.263 e. The third kappa shape index (κ3) is 4.17. The first-order valence-corrected chi connectivity index (χ1v) is 8.26. The molecular formula is C18H21N3O4. The van der Waals surface area contributed by atoms with E-state index in [0.717, 1.165) is 24.3 Å². The third-order valence-corrected chi connectivity index (χ3v) is 4.30. The molecule has 1 aliphatic rings. The molecule has 1 fully saturated rings. The Morgan fingerprint density at radius 3 is 2.80 bits per heavy atom. The second kappa shape index (κ2) is 7.83. The highest BCUT2D eigenvalue weighted by atomic mass is 16.5. The van der Waals surface area contributed by atoms with Gasteiger partial charge in [0.05, 0.1) is 20.0 Å². The number of benzene rings is 1. The van der Waals surface area contributed by atoms with E-state index in [1.165, 1.54) is 12.5 Å². The molecule has 1 N–H and O–H groups in total. The van der Waals surface area contributed by atoms with Crippen molar-refractivity contribution in [3.8, 4) is 11.5 Å². The molecule has 1 saturated heterocycles. The van der Waals surface area contributed by atoms with Crippen molar-refractivity contribution in [1.29, 1.82) is 0 Å². The van der Waals surface area contributed by atoms with E-state index in [0.29, 0.717) is 19.7 Å². The topological polar surface area (TPSA) is 84.5 Å². The lowest BCUT2D eigenvalue weighted by molar-refractivity contribution is 0.0631. The number of carbonyl (C=O) groups is 1. The first kappa shape index (κ1) is 17.0. The monoisotopic (exact) mass is 343 g/mol. The molecule has 1 aliphatic heterocycles. The molecule has 25 heavy (non-hydrogen) atoms. The summed E-state index contributed by atoms with van der Waals surface area (Å²) in [6, 6.07) is 7.42. The summed E-state index contributed by atoms with van der Waals surface area (Å²) in [4.78, 5) is 32.3. The van der Waals surface area contributed by atoms with E-state index >= 15 is 0 Å². The number of methoxy groups -OCH3 is 1. The molecule has 2 heterocycles. The van der Waals surface area contributed by atoms with Crippen molar-refractivity contribution < 1.29 is 14.3 Å². The van der Waals surface area contributed by atoms with Crippen LogP contribution in [0.25, 0.3) is 0 Å². The summed E-state index contributed by atoms with van der Waals surface area (Å²) < 4.78 is 11.0. The lowest BCUT2D eigenvalue weighted by Crippen LogP contribution is -2.43. The minimum Gasteiger partial charge on any atom is -0.497 e. The number of hydrogen-bond acceptors (Lipinski definition) is 5. The van der Waals surface area contributed by atoms with Crippen LogP contribution in [0.1, 0.15) is 23.2 Å². The van der Waals surface area contributed by atoms with E-state index in [1.54, 1.807) is 12.0 Å². The average molecular weight is 343 g/mol. The number of amides is 1. The van der Waals surface area contributed by atoms with Crippen molar-refractivity contribution in [3.05, 3.63) is 52.7 Å². The van der Waals surface area contributed by atoms with Gasteiger partial charge in [0.1, 0.15) is 17.1 Å². The van der Waals surface area contributed by atoms with Gasteiger partial charge in [-0.1, -0.05) is 0 Å². The van der Waals surface area contributed by atoms with Crippen LogP contribution in [0.15, 0.2) is 41.6 Å². The van der Waals surface area contributed by atoms with Crippen LogP contribution < -0.4 is 15.0 Å². The lowest BCUT2D eigenvalue weighted by atomic mass is 9.98. The van der Waals surface area contributed by atoms with Gasteiger partial charge in [0, 0.05) is 25.2 Å². The Kier molecular flexibility index (Phi) is 5.33. The Morgan fingerprint density at radius 1 is 1.32 bits per heavy atom. The maximum absolute atomic E-state index is 12.5. The molecule has 3 rings (SSSR count). The van der Waals surface area contributed by atoms with Crippen molar-refractivity contribution in [2.24, 2.45) is 5.92 Å². The minimum atomic E-state index is -0.406. The average Bonchev–Trinajstić information content (AvgIpc) is 2.67. The number of H-pyrrole nitrogens is 1. The van der Waals surface area contributed by atoms with Crippen LogP contribution in [-0.2, 0) is 0 Å². The van der Waals surface area contributed by atoms with Crippen LogP contribution in [0, 0.1) is 5.92 Å². The third-order valence-electron chi connectivity index (χ3n) is 4.30. The maximum atomic E-state index is 12.5. The SMILES string of the molecule is COc1ccc(OC[C@H]2CCCN(C(=O)c3cnc[nH]c3=O)C2)cc1. The van der Waals surface area contributed by atoms with Crippen molar-refractivity contribution in [2.45, 2.75) is 12.8 Å². The molecule has 0 bridgehead atoms. The summed E-state index contributed by atoms with van der Waals surface area (Å²) in [7, 11) is 1.62. The zero-order chi connectivity index (χ0) is 17.6. The number of aromatic amines is 1. The molecule has 0 radical (unpaired) electrons. The first-order valence-electron chi connectivity index (χ1n) is 8.26. The van der Waals surface area contributed by atoms with Gasteiger partial charge in [-0.2, -0.15) is 0 Å². The number of carbonyl (C=O) groups excluding carboxylic acids is 1. The number of hydrogen-bond donors (Lipinski definition) is 1. The number of nitrogens with zero attached hydrogens (tertiary/aromatic N) is 2. The normalized spacial score (nSPS) is 17.2. The number of nitrogens with one attached hydrogen (secondary N) is 1. The van der Waals surface area contributed by atoms with Crippen LogP contribution in [-0.4, -0.2) is 47.6 Å². The highest BCUT2D eigenvalue weighted by Crippen LogP contribution is 2.21. The second-order valence-electron chi connectivity index (χ2n) is 6.04. The van der Waals surface area contributed by atoms with E-state index in [4.69, 9.17) is 9.47 Å². The highest BCUT2D eigenvalue weighted by Gasteiger charge is 2.26. The Labute approximate surface area is 145 Å². The number of ether oxygens (including phenoxy) is 2. The largest absolute Gasteiger partial charge is 0.497 e. The Bertz CT molecular complexity index is 772. The van der Waals surface area contributed by atoms with Crippen LogP contribution in [0.5, 0.6) is 11.5 Å². The number of piperidine rings is 1. The van der Waals surface area contributed by atoms with Crippen LogP contribution >= 0.6 is 0 Å². The van der Waals surface area contributed by atoms with Gasteiger partial charge in [0.25, 0.3) is 11.5 Å². The molecule has 1 aromatic heterocycles. The van der Waals surface area contributed by atoms with Crippen molar-refractivity contribution in [2.75, 3.05) is 26.8 Å². The minimum absolute atomic E-state index is 0.0826. The van der Waals surface area contributed by atoms with Crippen molar-refractivity contribution >= 4 is 5.91 Å². The molecule has 0 spiro atoms. The standard InChI is InChI=1S/C18H21N3O4/c1-24-14-4-6-15(7-5-14)25-11-13-3-2-8-21(10-13)18(23)16-9-19-12-20-17(16)22/h4-7,9,12-13H,2-3,8,10-11H2,1H3,(H,19,20,22)/t13-/m0/s1. The summed E-state index contributed by atoms with van der Waals surface area (Å²) in [6.07, 6.45) is 4.48. The van der Waals surface area contributed by atoms with Gasteiger partial charge in [0.15, 0.2) is 0 Å². The zero-order valence-corrected chi connectivity index (χ0v) is 14.1. The molecule has 2 aromatic rings. The number of likely N-dealkylation sites (tertiary alicyclic amines) is 1. The zero-order valence-electron chi connectivity index (χ0n) is 14.1. The molecule has 7 heteroatoms. The Hall–Kier alpha value is -2.83. The molecule has 0 unspecified atom stereocenters. The predicted molar refractivity (Wildman–Crippen MR) is 92.0 cm³/mol.